The second kappa shape index (κ2) is 11.4. The number of fused-ring (bicyclic) bond motifs is 1. The van der Waals surface area contributed by atoms with Crippen LogP contribution in [0.1, 0.15) is 98.8 Å². The highest BCUT2D eigenvalue weighted by Gasteiger charge is 2.49. The van der Waals surface area contributed by atoms with Gasteiger partial charge < -0.3 is 20.4 Å². The van der Waals surface area contributed by atoms with E-state index >= 15 is 0 Å². The monoisotopic (exact) mass is 474 g/mol. The summed E-state index contributed by atoms with van der Waals surface area (Å²) in [4.78, 5) is 0. The van der Waals surface area contributed by atoms with Crippen LogP contribution in [0.2, 0.25) is 0 Å². The van der Waals surface area contributed by atoms with E-state index in [1.807, 2.05) is 20.8 Å². The fourth-order valence-electron chi connectivity index (χ4n) is 7.37. The first-order valence-electron chi connectivity index (χ1n) is 13.7. The predicted molar refractivity (Wildman–Crippen MR) is 139 cm³/mol. The molecular weight excluding hydrogens is 424 g/mol. The molecule has 1 fully saturated rings. The third-order valence-electron chi connectivity index (χ3n) is 9.46. The molecule has 0 aromatic heterocycles. The van der Waals surface area contributed by atoms with Crippen molar-refractivity contribution in [2.24, 2.45) is 29.1 Å². The van der Waals surface area contributed by atoms with E-state index in [-0.39, 0.29) is 12.5 Å². The molecule has 34 heavy (non-hydrogen) atoms. The number of rotatable bonds is 10. The Morgan fingerprint density at radius 1 is 1.18 bits per heavy atom. The summed E-state index contributed by atoms with van der Waals surface area (Å²) in [7, 11) is 0. The van der Waals surface area contributed by atoms with Gasteiger partial charge in [-0.2, -0.15) is 0 Å². The molecule has 7 atom stereocenters. The van der Waals surface area contributed by atoms with Crippen LogP contribution in [0.25, 0.3) is 0 Å². The molecule has 194 valence electrons. The molecule has 3 aliphatic rings. The highest BCUT2D eigenvalue weighted by molar-refractivity contribution is 5.37. The predicted octanol–water partition coefficient (Wildman–Crippen LogP) is 5.70. The molecule has 4 heteroatoms. The molecule has 0 aromatic rings. The van der Waals surface area contributed by atoms with Crippen LogP contribution in [0, 0.1) is 29.1 Å². The Labute approximate surface area is 207 Å². The number of hydrogen-bond donors (Lipinski definition) is 4. The lowest BCUT2D eigenvalue weighted by atomic mass is 9.62. The van der Waals surface area contributed by atoms with Crippen molar-refractivity contribution in [1.82, 2.24) is 0 Å². The van der Waals surface area contributed by atoms with Crippen molar-refractivity contribution in [3.63, 3.8) is 0 Å². The van der Waals surface area contributed by atoms with Crippen molar-refractivity contribution in [1.29, 1.82) is 0 Å². The third-order valence-corrected chi connectivity index (χ3v) is 9.46. The normalized spacial score (nSPS) is 35.6. The summed E-state index contributed by atoms with van der Waals surface area (Å²) in [6.45, 7) is 10.8. The summed E-state index contributed by atoms with van der Waals surface area (Å²) < 4.78 is 0. The Kier molecular flexibility index (Phi) is 9.28. The van der Waals surface area contributed by atoms with Gasteiger partial charge in [0.15, 0.2) is 0 Å². The molecule has 0 radical (unpaired) electrons. The maximum atomic E-state index is 10.8. The van der Waals surface area contributed by atoms with Crippen LogP contribution in [-0.2, 0) is 0 Å². The third kappa shape index (κ3) is 6.24. The van der Waals surface area contributed by atoms with E-state index in [1.54, 1.807) is 0 Å². The summed E-state index contributed by atoms with van der Waals surface area (Å²) in [5.41, 5.74) is 3.22. The number of allylic oxidation sites excluding steroid dienone is 4. The Morgan fingerprint density at radius 3 is 2.59 bits per heavy atom. The van der Waals surface area contributed by atoms with Gasteiger partial charge in [-0.1, -0.05) is 44.9 Å². The fourth-order valence-corrected chi connectivity index (χ4v) is 7.37. The van der Waals surface area contributed by atoms with E-state index in [0.717, 1.165) is 36.3 Å². The first kappa shape index (κ1) is 27.6. The van der Waals surface area contributed by atoms with Crippen molar-refractivity contribution < 1.29 is 20.4 Å². The molecule has 0 unspecified atom stereocenters. The smallest absolute Gasteiger partial charge is 0.0806 e. The van der Waals surface area contributed by atoms with Crippen molar-refractivity contribution >= 4 is 0 Å². The average molecular weight is 475 g/mol. The second-order valence-electron chi connectivity index (χ2n) is 12.5. The zero-order valence-electron chi connectivity index (χ0n) is 22.3. The quantitative estimate of drug-likeness (QED) is 0.327. The summed E-state index contributed by atoms with van der Waals surface area (Å²) in [6, 6.07) is 0. The van der Waals surface area contributed by atoms with Gasteiger partial charge in [-0.15, -0.1) is 0 Å². The van der Waals surface area contributed by atoms with Gasteiger partial charge in [0, 0.05) is 12.5 Å². The standard InChI is InChI=1S/C30H50O4/c1-20(9-6-16-29(3,4)34)25-14-15-26-22(10-7-17-30(25,26)5)12-13-23-19-27(32)24(11-8-18-31)28(33)21(23)2/h10,12-13,20,24-28,31-34H,6-9,11,14-19H2,1-5H3/b13-12+/t20-,24-,25-,26-,27-,28-,30-/m1/s1. The van der Waals surface area contributed by atoms with E-state index < -0.39 is 17.8 Å². The first-order valence-corrected chi connectivity index (χ1v) is 13.7. The second-order valence-corrected chi connectivity index (χ2v) is 12.5. The molecule has 0 saturated heterocycles. The Hall–Kier alpha value is -0.940. The number of aliphatic hydroxyl groups is 4. The van der Waals surface area contributed by atoms with Crippen LogP contribution in [0.15, 0.2) is 34.9 Å². The van der Waals surface area contributed by atoms with Crippen LogP contribution in [0.5, 0.6) is 0 Å². The maximum Gasteiger partial charge on any atom is 0.0806 e. The molecule has 0 aromatic carbocycles. The van der Waals surface area contributed by atoms with Gasteiger partial charge in [-0.25, -0.2) is 0 Å². The largest absolute Gasteiger partial charge is 0.396 e. The van der Waals surface area contributed by atoms with Gasteiger partial charge >= 0.3 is 0 Å². The molecule has 0 bridgehead atoms. The Morgan fingerprint density at radius 2 is 1.91 bits per heavy atom. The molecule has 0 heterocycles. The van der Waals surface area contributed by atoms with Crippen LogP contribution < -0.4 is 0 Å². The number of aliphatic hydroxyl groups excluding tert-OH is 3. The minimum atomic E-state index is -0.638. The zero-order chi connectivity index (χ0) is 25.1. The Bertz CT molecular complexity index is 773. The highest BCUT2D eigenvalue weighted by Crippen LogP contribution is 2.58. The van der Waals surface area contributed by atoms with Crippen LogP contribution in [0.4, 0.5) is 0 Å². The summed E-state index contributed by atoms with van der Waals surface area (Å²) >= 11 is 0. The van der Waals surface area contributed by atoms with Gasteiger partial charge in [0.05, 0.1) is 17.8 Å². The summed E-state index contributed by atoms with van der Waals surface area (Å²) in [5.74, 6) is 1.79. The van der Waals surface area contributed by atoms with Crippen LogP contribution in [0.3, 0.4) is 0 Å². The topological polar surface area (TPSA) is 80.9 Å². The lowest BCUT2D eigenvalue weighted by Gasteiger charge is -2.43. The zero-order valence-corrected chi connectivity index (χ0v) is 22.3. The van der Waals surface area contributed by atoms with Crippen molar-refractivity contribution in [2.45, 2.75) is 117 Å². The molecule has 0 aliphatic heterocycles. The molecule has 1 saturated carbocycles. The van der Waals surface area contributed by atoms with Crippen molar-refractivity contribution in [2.75, 3.05) is 6.61 Å². The van der Waals surface area contributed by atoms with Gasteiger partial charge in [0.2, 0.25) is 0 Å². The van der Waals surface area contributed by atoms with E-state index in [4.69, 9.17) is 5.11 Å². The minimum absolute atomic E-state index is 0.0960. The average Bonchev–Trinajstić information content (AvgIpc) is 3.12. The molecule has 4 nitrogen and oxygen atoms in total. The van der Waals surface area contributed by atoms with Gasteiger partial charge in [-0.3, -0.25) is 0 Å². The van der Waals surface area contributed by atoms with E-state index in [2.05, 4.69) is 32.1 Å². The fraction of sp³-hybridized carbons (Fsp3) is 0.800. The molecule has 3 rings (SSSR count). The summed E-state index contributed by atoms with van der Waals surface area (Å²) in [6.07, 6.45) is 15.5. The SMILES string of the molecule is CC1=C(/C=C/C2=CCC[C@@]3(C)[C@@H]2CC[C@@H]3[C@H](C)CCCC(C)(C)O)C[C@@H](O)[C@@H](CCCO)[C@@H]1O. The lowest BCUT2D eigenvalue weighted by Crippen LogP contribution is -2.37. The lowest BCUT2D eigenvalue weighted by molar-refractivity contribution is 0.0127. The van der Waals surface area contributed by atoms with Gasteiger partial charge in [0.25, 0.3) is 0 Å². The van der Waals surface area contributed by atoms with Crippen molar-refractivity contribution in [3.05, 3.63) is 34.9 Å². The molecule has 0 amide bonds. The van der Waals surface area contributed by atoms with Gasteiger partial charge in [0.1, 0.15) is 0 Å². The highest BCUT2D eigenvalue weighted by atomic mass is 16.3. The first-order chi connectivity index (χ1) is 16.0. The summed E-state index contributed by atoms with van der Waals surface area (Å²) in [5, 5.41) is 40.7. The molecule has 0 spiro atoms. The minimum Gasteiger partial charge on any atom is -0.396 e. The molecule has 3 aliphatic carbocycles. The van der Waals surface area contributed by atoms with Crippen molar-refractivity contribution in [3.8, 4) is 0 Å². The van der Waals surface area contributed by atoms with Crippen LogP contribution >= 0.6 is 0 Å². The number of hydrogen-bond acceptors (Lipinski definition) is 4. The maximum absolute atomic E-state index is 10.8. The molecular formula is C30H50O4. The Balaban J connectivity index is 1.68. The van der Waals surface area contributed by atoms with Gasteiger partial charge in [-0.05, 0) is 112 Å². The van der Waals surface area contributed by atoms with E-state index in [9.17, 15) is 15.3 Å². The molecule has 4 N–H and O–H groups in total. The van der Waals surface area contributed by atoms with E-state index in [0.29, 0.717) is 36.5 Å². The van der Waals surface area contributed by atoms with Crippen LogP contribution in [-0.4, -0.2) is 44.8 Å². The van der Waals surface area contributed by atoms with E-state index in [1.165, 1.54) is 31.3 Å².